The number of halogens is 1. The van der Waals surface area contributed by atoms with Gasteiger partial charge in [-0.3, -0.25) is 0 Å². The number of aromatic nitrogens is 2. The lowest BCUT2D eigenvalue weighted by Crippen LogP contribution is -2.21. The van der Waals surface area contributed by atoms with Crippen LogP contribution >= 0.6 is 0 Å². The third-order valence-corrected chi connectivity index (χ3v) is 3.02. The standard InChI is InChI=1S/C13H18FN3/c1-4-15-8-9(2)13-16-11-6-5-10(14)7-12(11)17(13)3/h5-7,9,15H,4,8H2,1-3H3. The molecule has 4 heteroatoms. The molecule has 1 unspecified atom stereocenters. The summed E-state index contributed by atoms with van der Waals surface area (Å²) >= 11 is 0. The number of benzene rings is 1. The summed E-state index contributed by atoms with van der Waals surface area (Å²) < 4.78 is 15.1. The van der Waals surface area contributed by atoms with Gasteiger partial charge in [0.1, 0.15) is 11.6 Å². The second kappa shape index (κ2) is 4.84. The van der Waals surface area contributed by atoms with Crippen molar-refractivity contribution in [1.82, 2.24) is 14.9 Å². The minimum Gasteiger partial charge on any atom is -0.331 e. The molecule has 17 heavy (non-hydrogen) atoms. The monoisotopic (exact) mass is 235 g/mol. The highest BCUT2D eigenvalue weighted by Crippen LogP contribution is 2.21. The van der Waals surface area contributed by atoms with Crippen LogP contribution in [0.2, 0.25) is 0 Å². The summed E-state index contributed by atoms with van der Waals surface area (Å²) in [5.41, 5.74) is 1.70. The molecule has 2 aromatic rings. The number of hydrogen-bond acceptors (Lipinski definition) is 2. The van der Waals surface area contributed by atoms with Gasteiger partial charge in [-0.1, -0.05) is 13.8 Å². The number of imidazole rings is 1. The van der Waals surface area contributed by atoms with Crippen molar-refractivity contribution in [3.05, 3.63) is 29.8 Å². The molecule has 0 aliphatic carbocycles. The molecule has 92 valence electrons. The number of aryl methyl sites for hydroxylation is 1. The Morgan fingerprint density at radius 2 is 2.24 bits per heavy atom. The van der Waals surface area contributed by atoms with Gasteiger partial charge in [-0.05, 0) is 24.7 Å². The van der Waals surface area contributed by atoms with Gasteiger partial charge >= 0.3 is 0 Å². The fraction of sp³-hybridized carbons (Fsp3) is 0.462. The van der Waals surface area contributed by atoms with E-state index >= 15 is 0 Å². The van der Waals surface area contributed by atoms with Crippen LogP contribution in [0.4, 0.5) is 4.39 Å². The van der Waals surface area contributed by atoms with Crippen molar-refractivity contribution in [2.75, 3.05) is 13.1 Å². The third kappa shape index (κ3) is 2.31. The first-order valence-corrected chi connectivity index (χ1v) is 5.96. The maximum Gasteiger partial charge on any atom is 0.125 e. The van der Waals surface area contributed by atoms with E-state index in [9.17, 15) is 4.39 Å². The summed E-state index contributed by atoms with van der Waals surface area (Å²) in [4.78, 5) is 4.56. The third-order valence-electron chi connectivity index (χ3n) is 3.02. The van der Waals surface area contributed by atoms with E-state index in [0.717, 1.165) is 29.9 Å². The summed E-state index contributed by atoms with van der Waals surface area (Å²) in [5, 5.41) is 3.30. The lowest BCUT2D eigenvalue weighted by molar-refractivity contribution is 0.592. The molecule has 1 aromatic carbocycles. The fourth-order valence-electron chi connectivity index (χ4n) is 2.07. The van der Waals surface area contributed by atoms with Crippen LogP contribution in [0.15, 0.2) is 18.2 Å². The molecule has 3 nitrogen and oxygen atoms in total. The molecule has 0 amide bonds. The van der Waals surface area contributed by atoms with E-state index in [1.165, 1.54) is 12.1 Å². The smallest absolute Gasteiger partial charge is 0.125 e. The zero-order valence-corrected chi connectivity index (χ0v) is 10.5. The maximum absolute atomic E-state index is 13.2. The molecule has 1 aromatic heterocycles. The molecule has 0 saturated heterocycles. The Morgan fingerprint density at radius 3 is 2.94 bits per heavy atom. The van der Waals surface area contributed by atoms with Crippen LogP contribution in [-0.2, 0) is 7.05 Å². The van der Waals surface area contributed by atoms with Crippen LogP contribution < -0.4 is 5.32 Å². The molecule has 0 saturated carbocycles. The van der Waals surface area contributed by atoms with Crippen LogP contribution in [0, 0.1) is 5.82 Å². The van der Waals surface area contributed by atoms with Gasteiger partial charge in [0.25, 0.3) is 0 Å². The van der Waals surface area contributed by atoms with Crippen molar-refractivity contribution in [3.8, 4) is 0 Å². The molecule has 0 aliphatic heterocycles. The van der Waals surface area contributed by atoms with Gasteiger partial charge < -0.3 is 9.88 Å². The molecule has 0 fully saturated rings. The first-order chi connectivity index (χ1) is 8.13. The molecule has 0 spiro atoms. The second-order valence-corrected chi connectivity index (χ2v) is 4.37. The average molecular weight is 235 g/mol. The largest absolute Gasteiger partial charge is 0.331 e. The van der Waals surface area contributed by atoms with E-state index in [0.29, 0.717) is 5.92 Å². The van der Waals surface area contributed by atoms with Gasteiger partial charge in [-0.15, -0.1) is 0 Å². The molecular formula is C13H18FN3. The first kappa shape index (κ1) is 12.0. The Kier molecular flexibility index (Phi) is 3.43. The Labute approximate surface area is 101 Å². The van der Waals surface area contributed by atoms with Crippen molar-refractivity contribution in [3.63, 3.8) is 0 Å². The Morgan fingerprint density at radius 1 is 1.47 bits per heavy atom. The Balaban J connectivity index is 2.38. The number of hydrogen-bond donors (Lipinski definition) is 1. The zero-order chi connectivity index (χ0) is 12.4. The zero-order valence-electron chi connectivity index (χ0n) is 10.5. The van der Waals surface area contributed by atoms with Gasteiger partial charge in [0.2, 0.25) is 0 Å². The topological polar surface area (TPSA) is 29.9 Å². The highest BCUT2D eigenvalue weighted by atomic mass is 19.1. The average Bonchev–Trinajstić information content (AvgIpc) is 2.64. The quantitative estimate of drug-likeness (QED) is 0.882. The van der Waals surface area contributed by atoms with Crippen LogP contribution in [0.3, 0.4) is 0 Å². The van der Waals surface area contributed by atoms with E-state index in [-0.39, 0.29) is 5.82 Å². The van der Waals surface area contributed by atoms with E-state index in [2.05, 4.69) is 24.1 Å². The van der Waals surface area contributed by atoms with Gasteiger partial charge in [0.15, 0.2) is 0 Å². The lowest BCUT2D eigenvalue weighted by atomic mass is 10.1. The summed E-state index contributed by atoms with van der Waals surface area (Å²) in [5.74, 6) is 1.09. The minimum absolute atomic E-state index is 0.216. The SMILES string of the molecule is CCNCC(C)c1nc2ccc(F)cc2n1C. The van der Waals surface area contributed by atoms with Gasteiger partial charge in [0, 0.05) is 19.5 Å². The van der Waals surface area contributed by atoms with E-state index in [4.69, 9.17) is 0 Å². The Hall–Kier alpha value is -1.42. The van der Waals surface area contributed by atoms with Crippen LogP contribution in [-0.4, -0.2) is 22.6 Å². The summed E-state index contributed by atoms with van der Waals surface area (Å²) in [6.45, 7) is 6.04. The summed E-state index contributed by atoms with van der Waals surface area (Å²) in [6, 6.07) is 4.72. The minimum atomic E-state index is -0.216. The normalized spacial score (nSPS) is 13.2. The molecule has 0 aliphatic rings. The van der Waals surface area contributed by atoms with E-state index in [1.54, 1.807) is 6.07 Å². The van der Waals surface area contributed by atoms with Crippen molar-refractivity contribution < 1.29 is 4.39 Å². The predicted octanol–water partition coefficient (Wildman–Crippen LogP) is 2.43. The van der Waals surface area contributed by atoms with E-state index < -0.39 is 0 Å². The molecule has 0 bridgehead atoms. The highest BCUT2D eigenvalue weighted by Gasteiger charge is 2.14. The van der Waals surface area contributed by atoms with E-state index in [1.807, 2.05) is 11.6 Å². The summed E-state index contributed by atoms with van der Waals surface area (Å²) in [6.07, 6.45) is 0. The van der Waals surface area contributed by atoms with Gasteiger partial charge in [0.05, 0.1) is 11.0 Å². The predicted molar refractivity (Wildman–Crippen MR) is 67.6 cm³/mol. The molecule has 2 rings (SSSR count). The second-order valence-electron chi connectivity index (χ2n) is 4.37. The van der Waals surface area contributed by atoms with Crippen LogP contribution in [0.1, 0.15) is 25.6 Å². The number of likely N-dealkylation sites (N-methyl/N-ethyl adjacent to an activating group) is 1. The van der Waals surface area contributed by atoms with Gasteiger partial charge in [-0.25, -0.2) is 9.37 Å². The van der Waals surface area contributed by atoms with Crippen LogP contribution in [0.25, 0.3) is 11.0 Å². The number of nitrogens with zero attached hydrogens (tertiary/aromatic N) is 2. The van der Waals surface area contributed by atoms with Crippen molar-refractivity contribution >= 4 is 11.0 Å². The highest BCUT2D eigenvalue weighted by molar-refractivity contribution is 5.76. The summed E-state index contributed by atoms with van der Waals surface area (Å²) in [7, 11) is 1.94. The molecular weight excluding hydrogens is 217 g/mol. The maximum atomic E-state index is 13.2. The lowest BCUT2D eigenvalue weighted by Gasteiger charge is -2.11. The van der Waals surface area contributed by atoms with Crippen molar-refractivity contribution in [2.24, 2.45) is 7.05 Å². The van der Waals surface area contributed by atoms with Crippen molar-refractivity contribution in [2.45, 2.75) is 19.8 Å². The first-order valence-electron chi connectivity index (χ1n) is 5.96. The molecule has 1 atom stereocenters. The number of nitrogens with one attached hydrogen (secondary N) is 1. The fourth-order valence-corrected chi connectivity index (χ4v) is 2.07. The van der Waals surface area contributed by atoms with Crippen LogP contribution in [0.5, 0.6) is 0 Å². The number of fused-ring (bicyclic) bond motifs is 1. The number of rotatable bonds is 4. The molecule has 1 N–H and O–H groups in total. The van der Waals surface area contributed by atoms with Gasteiger partial charge in [-0.2, -0.15) is 0 Å². The molecule has 1 heterocycles. The molecule has 0 radical (unpaired) electrons. The van der Waals surface area contributed by atoms with Crippen molar-refractivity contribution in [1.29, 1.82) is 0 Å². The Bertz CT molecular complexity index is 519.